The van der Waals surface area contributed by atoms with Gasteiger partial charge in [0.25, 0.3) is 0 Å². The predicted molar refractivity (Wildman–Crippen MR) is 255 cm³/mol. The molecule has 1 fully saturated rings. The molecule has 0 aromatic carbocycles. The molecule has 0 radical (unpaired) electrons. The summed E-state index contributed by atoms with van der Waals surface area (Å²) in [6.07, 6.45) is 38.3. The number of carbonyl (C=O) groups is 1. The molecule has 0 aromatic heterocycles. The Morgan fingerprint density at radius 2 is 1.00 bits per heavy atom. The van der Waals surface area contributed by atoms with Gasteiger partial charge in [-0.3, -0.25) is 9.35 Å². The molecule has 7 atom stereocenters. The normalized spacial score (nSPS) is 20.4. The largest absolute Gasteiger partial charge is 0.397 e. The van der Waals surface area contributed by atoms with Gasteiger partial charge in [0.15, 0.2) is 6.29 Å². The maximum absolute atomic E-state index is 13.1. The number of nitrogens with one attached hydrogen (secondary N) is 1. The zero-order valence-electron chi connectivity index (χ0n) is 40.2. The molecule has 63 heavy (non-hydrogen) atoms. The second-order valence-electron chi connectivity index (χ2n) is 18.5. The summed E-state index contributed by atoms with van der Waals surface area (Å²) in [7, 11) is -5.08. The Balaban J connectivity index is 2.38. The van der Waals surface area contributed by atoms with Crippen LogP contribution in [0.1, 0.15) is 245 Å². The smallest absolute Gasteiger partial charge is 0.394 e. The fourth-order valence-electron chi connectivity index (χ4n) is 8.52. The highest BCUT2D eigenvalue weighted by Crippen LogP contribution is 2.26. The first-order valence-corrected chi connectivity index (χ1v) is 27.4. The van der Waals surface area contributed by atoms with Crippen molar-refractivity contribution in [1.29, 1.82) is 0 Å². The van der Waals surface area contributed by atoms with Gasteiger partial charge in [-0.2, -0.15) is 8.42 Å². The number of aliphatic hydroxyl groups is 4. The van der Waals surface area contributed by atoms with Gasteiger partial charge < -0.3 is 35.2 Å². The number of ether oxygens (including phenoxy) is 2. The minimum Gasteiger partial charge on any atom is -0.394 e. The molecule has 0 saturated carbocycles. The molecule has 1 saturated heterocycles. The predicted octanol–water partition coefficient (Wildman–Crippen LogP) is 11.1. The van der Waals surface area contributed by atoms with Crippen LogP contribution in [0.3, 0.4) is 0 Å². The van der Waals surface area contributed by atoms with E-state index in [1.807, 2.05) is 6.08 Å². The summed E-state index contributed by atoms with van der Waals surface area (Å²) >= 11 is 0. The molecular formula is C50H97NO11S. The Kier molecular flexibility index (Phi) is 39.0. The van der Waals surface area contributed by atoms with Crippen LogP contribution < -0.4 is 5.32 Å². The van der Waals surface area contributed by atoms with E-state index in [0.717, 1.165) is 38.5 Å². The summed E-state index contributed by atoms with van der Waals surface area (Å²) in [6, 6.07) is -0.938. The van der Waals surface area contributed by atoms with Gasteiger partial charge in [-0.05, 0) is 19.3 Å². The lowest BCUT2D eigenvalue weighted by molar-refractivity contribution is -0.298. The summed E-state index contributed by atoms with van der Waals surface area (Å²) in [5.41, 5.74) is 0. The van der Waals surface area contributed by atoms with Crippen molar-refractivity contribution in [2.45, 2.75) is 288 Å². The van der Waals surface area contributed by atoms with Crippen LogP contribution in [0.25, 0.3) is 0 Å². The van der Waals surface area contributed by atoms with Gasteiger partial charge in [0.2, 0.25) is 5.91 Å². The first-order chi connectivity index (χ1) is 30.5. The van der Waals surface area contributed by atoms with E-state index in [9.17, 15) is 38.2 Å². The average molecular weight is 920 g/mol. The van der Waals surface area contributed by atoms with Gasteiger partial charge >= 0.3 is 10.4 Å². The van der Waals surface area contributed by atoms with Crippen LogP contribution >= 0.6 is 0 Å². The molecule has 0 bridgehead atoms. The Labute approximate surface area is 385 Å². The molecule has 0 aliphatic carbocycles. The topological polar surface area (TPSA) is 192 Å². The van der Waals surface area contributed by atoms with E-state index in [0.29, 0.717) is 6.42 Å². The highest BCUT2D eigenvalue weighted by Gasteiger charge is 2.48. The van der Waals surface area contributed by atoms with E-state index >= 15 is 0 Å². The molecule has 1 heterocycles. The summed E-state index contributed by atoms with van der Waals surface area (Å²) in [6.45, 7) is 3.41. The van der Waals surface area contributed by atoms with Crippen LogP contribution in [0.2, 0.25) is 0 Å². The number of hydrogen-bond acceptors (Lipinski definition) is 10. The number of rotatable bonds is 45. The Hall–Kier alpha value is -1.16. The maximum Gasteiger partial charge on any atom is 0.397 e. The maximum atomic E-state index is 13.1. The Morgan fingerprint density at radius 1 is 0.619 bits per heavy atom. The van der Waals surface area contributed by atoms with Gasteiger partial charge in [-0.15, -0.1) is 0 Å². The second kappa shape index (κ2) is 41.1. The SMILES string of the molecule is CCCCCCCCCCCCC/C=C/[C@@H](O)[C@H](COC1OC(CO)C(O)C(OS(=O)(=O)O)C1O)NC(=O)CCCCCCCCCCCCCCCCCCCCCCCCC. The molecule has 1 aliphatic rings. The first kappa shape index (κ1) is 59.9. The molecular weight excluding hydrogens is 823 g/mol. The number of unbranched alkanes of at least 4 members (excludes halogenated alkanes) is 33. The molecule has 0 spiro atoms. The number of hydrogen-bond donors (Lipinski definition) is 6. The van der Waals surface area contributed by atoms with Crippen LogP contribution in [0, 0.1) is 0 Å². The molecule has 1 amide bonds. The van der Waals surface area contributed by atoms with Crippen LogP contribution in [0.5, 0.6) is 0 Å². The van der Waals surface area contributed by atoms with Crippen molar-refractivity contribution >= 4 is 16.3 Å². The van der Waals surface area contributed by atoms with Gasteiger partial charge in [0.1, 0.15) is 24.4 Å². The second-order valence-corrected chi connectivity index (χ2v) is 19.5. The summed E-state index contributed by atoms with van der Waals surface area (Å²) in [5, 5.41) is 44.8. The Bertz CT molecular complexity index is 1180. The van der Waals surface area contributed by atoms with Gasteiger partial charge in [-0.1, -0.05) is 231 Å². The molecule has 1 aliphatic heterocycles. The fraction of sp³-hybridized carbons (Fsp3) is 0.940. The number of aliphatic hydroxyl groups excluding tert-OH is 4. The van der Waals surface area contributed by atoms with Crippen molar-refractivity contribution in [3.63, 3.8) is 0 Å². The number of allylic oxidation sites excluding steroid dienone is 1. The van der Waals surface area contributed by atoms with Crippen LogP contribution in [-0.4, -0.2) is 95.4 Å². The third kappa shape index (κ3) is 33.9. The van der Waals surface area contributed by atoms with Gasteiger partial charge in [-0.25, -0.2) is 4.18 Å². The fourth-order valence-corrected chi connectivity index (χ4v) is 9.02. The van der Waals surface area contributed by atoms with Crippen molar-refractivity contribution in [2.24, 2.45) is 0 Å². The summed E-state index contributed by atoms with van der Waals surface area (Å²) < 4.78 is 47.7. The lowest BCUT2D eigenvalue weighted by atomic mass is 9.99. The minimum atomic E-state index is -5.08. The van der Waals surface area contributed by atoms with Crippen molar-refractivity contribution < 1.29 is 51.8 Å². The zero-order chi connectivity index (χ0) is 46.2. The van der Waals surface area contributed by atoms with Gasteiger partial charge in [0.05, 0.1) is 25.4 Å². The summed E-state index contributed by atoms with van der Waals surface area (Å²) in [5.74, 6) is -0.258. The third-order valence-electron chi connectivity index (χ3n) is 12.6. The van der Waals surface area contributed by atoms with E-state index in [-0.39, 0.29) is 18.9 Å². The molecule has 13 heteroatoms. The zero-order valence-corrected chi connectivity index (χ0v) is 41.0. The molecule has 6 N–H and O–H groups in total. The molecule has 0 aromatic rings. The van der Waals surface area contributed by atoms with E-state index in [1.54, 1.807) is 6.08 Å². The monoisotopic (exact) mass is 920 g/mol. The van der Waals surface area contributed by atoms with E-state index in [1.165, 1.54) is 180 Å². The van der Waals surface area contributed by atoms with Gasteiger partial charge in [0, 0.05) is 6.42 Å². The van der Waals surface area contributed by atoms with Crippen molar-refractivity contribution in [3.8, 4) is 0 Å². The third-order valence-corrected chi connectivity index (χ3v) is 13.0. The lowest BCUT2D eigenvalue weighted by Crippen LogP contribution is -2.61. The highest BCUT2D eigenvalue weighted by molar-refractivity contribution is 7.80. The standard InChI is InChI=1S/C50H97NO11S/c1-3-5-7-9-11-13-15-17-18-19-20-21-22-23-24-25-26-28-30-32-34-36-38-40-46(54)51-43(44(53)39-37-35-33-31-29-27-16-14-12-10-8-6-4-2)42-60-50-48(56)49(62-63(57,58)59)47(55)45(41-52)61-50/h37,39,43-45,47-50,52-53,55-56H,3-36,38,40-42H2,1-2H3,(H,51,54)(H,57,58,59)/b39-37+/t43-,44+,45?,47?,48?,49?,50?/m0/s1. The number of carbonyl (C=O) groups excluding carboxylic acids is 1. The van der Waals surface area contributed by atoms with Crippen molar-refractivity contribution in [2.75, 3.05) is 13.2 Å². The quantitative estimate of drug-likeness (QED) is 0.0193. The van der Waals surface area contributed by atoms with Crippen molar-refractivity contribution in [3.05, 3.63) is 12.2 Å². The molecule has 1 rings (SSSR count). The minimum absolute atomic E-state index is 0.258. The lowest BCUT2D eigenvalue weighted by Gasteiger charge is -2.41. The van der Waals surface area contributed by atoms with Crippen LogP contribution in [-0.2, 0) is 28.9 Å². The average Bonchev–Trinajstić information content (AvgIpc) is 3.25. The van der Waals surface area contributed by atoms with E-state index in [4.69, 9.17) is 9.47 Å². The molecule has 5 unspecified atom stereocenters. The number of amides is 1. The van der Waals surface area contributed by atoms with E-state index < -0.39 is 59.9 Å². The Morgan fingerprint density at radius 3 is 1.38 bits per heavy atom. The summed E-state index contributed by atoms with van der Waals surface area (Å²) in [4.78, 5) is 13.1. The molecule has 374 valence electrons. The van der Waals surface area contributed by atoms with Crippen LogP contribution in [0.4, 0.5) is 0 Å². The van der Waals surface area contributed by atoms with E-state index in [2.05, 4.69) is 23.3 Å². The molecule has 12 nitrogen and oxygen atoms in total. The van der Waals surface area contributed by atoms with Crippen molar-refractivity contribution in [1.82, 2.24) is 5.32 Å². The highest BCUT2D eigenvalue weighted by atomic mass is 32.3. The first-order valence-electron chi connectivity index (χ1n) is 26.1. The van der Waals surface area contributed by atoms with Crippen LogP contribution in [0.15, 0.2) is 12.2 Å².